The first-order valence-electron chi connectivity index (χ1n) is 21.6. The molecule has 10 aromatic rings. The highest BCUT2D eigenvalue weighted by Crippen LogP contribution is 2.50. The molecule has 0 saturated carbocycles. The zero-order valence-electron chi connectivity index (χ0n) is 33.8. The second-order valence-corrected chi connectivity index (χ2v) is 16.4. The average molecular weight is 795 g/mol. The van der Waals surface area contributed by atoms with E-state index in [4.69, 9.17) is 19.4 Å². The Morgan fingerprint density at radius 3 is 1.92 bits per heavy atom. The highest BCUT2D eigenvalue weighted by molar-refractivity contribution is 6.31. The molecule has 0 N–H and O–H groups in total. The van der Waals surface area contributed by atoms with Crippen LogP contribution in [0.25, 0.3) is 89.0 Å². The normalized spacial score (nSPS) is 14.6. The zero-order valence-corrected chi connectivity index (χ0v) is 33.8. The first-order chi connectivity index (χ1) is 30.8. The van der Waals surface area contributed by atoms with Crippen LogP contribution >= 0.6 is 0 Å². The van der Waals surface area contributed by atoms with Gasteiger partial charge >= 0.3 is 0 Å². The smallest absolute Gasteiger partial charge is 0.164 e. The molecule has 0 fully saturated rings. The van der Waals surface area contributed by atoms with E-state index in [0.29, 0.717) is 17.5 Å². The molecule has 292 valence electrons. The predicted molar refractivity (Wildman–Crippen MR) is 253 cm³/mol. The topological polar surface area (TPSA) is 56.7 Å². The Bertz CT molecular complexity index is 3720. The molecule has 0 bridgehead atoms. The van der Waals surface area contributed by atoms with Crippen molar-refractivity contribution in [2.45, 2.75) is 25.7 Å². The van der Waals surface area contributed by atoms with Crippen LogP contribution < -0.4 is 10.6 Å². The Labute approximate surface area is 357 Å². The molecule has 62 heavy (non-hydrogen) atoms. The molecule has 0 saturated heterocycles. The summed E-state index contributed by atoms with van der Waals surface area (Å²) in [4.78, 5) is 15.4. The monoisotopic (exact) mass is 794 g/mol. The minimum atomic E-state index is 0.677. The summed E-state index contributed by atoms with van der Waals surface area (Å²) in [5, 5.41) is 7.16. The van der Waals surface area contributed by atoms with E-state index in [-0.39, 0.29) is 0 Å². The summed E-state index contributed by atoms with van der Waals surface area (Å²) in [6.07, 6.45) is 12.4. The Hall–Kier alpha value is -7.89. The maximum Gasteiger partial charge on any atom is 0.164 e. The maximum atomic E-state index is 6.68. The van der Waals surface area contributed by atoms with Crippen molar-refractivity contribution in [1.82, 2.24) is 19.5 Å². The molecule has 3 aliphatic rings. The van der Waals surface area contributed by atoms with Gasteiger partial charge in [0.05, 0.1) is 11.0 Å². The van der Waals surface area contributed by atoms with Crippen molar-refractivity contribution in [3.05, 3.63) is 220 Å². The largest absolute Gasteiger partial charge is 0.456 e. The molecule has 5 nitrogen and oxygen atoms in total. The lowest BCUT2D eigenvalue weighted by molar-refractivity contribution is 0.571. The summed E-state index contributed by atoms with van der Waals surface area (Å²) in [5.74, 6) is 2.08. The van der Waals surface area contributed by atoms with E-state index >= 15 is 0 Å². The van der Waals surface area contributed by atoms with E-state index in [1.54, 1.807) is 0 Å². The minimum Gasteiger partial charge on any atom is -0.456 e. The van der Waals surface area contributed by atoms with Crippen molar-refractivity contribution in [2.75, 3.05) is 0 Å². The molecule has 13 rings (SSSR count). The van der Waals surface area contributed by atoms with Crippen LogP contribution in [-0.2, 0) is 0 Å². The molecule has 7 aromatic carbocycles. The molecule has 0 radical (unpaired) electrons. The third-order valence-electron chi connectivity index (χ3n) is 12.9. The van der Waals surface area contributed by atoms with Crippen molar-refractivity contribution >= 4 is 71.9 Å². The number of furan rings is 1. The van der Waals surface area contributed by atoms with E-state index in [2.05, 4.69) is 168 Å². The van der Waals surface area contributed by atoms with Gasteiger partial charge in [-0.15, -0.1) is 0 Å². The van der Waals surface area contributed by atoms with Crippen LogP contribution in [0.2, 0.25) is 0 Å². The summed E-state index contributed by atoms with van der Waals surface area (Å²) in [5.41, 5.74) is 15.6. The number of fused-ring (bicyclic) bond motifs is 3. The maximum absolute atomic E-state index is 6.68. The summed E-state index contributed by atoms with van der Waals surface area (Å²) < 4.78 is 9.14. The van der Waals surface area contributed by atoms with Gasteiger partial charge in [-0.3, -0.25) is 0 Å². The zero-order chi connectivity index (χ0) is 40.7. The predicted octanol–water partition coefficient (Wildman–Crippen LogP) is 12.4. The van der Waals surface area contributed by atoms with E-state index in [1.807, 2.05) is 18.2 Å². The van der Waals surface area contributed by atoms with Gasteiger partial charge < -0.3 is 8.98 Å². The molecule has 0 unspecified atom stereocenters. The molecular weight excluding hydrogens is 757 g/mol. The van der Waals surface area contributed by atoms with E-state index in [0.717, 1.165) is 69.7 Å². The van der Waals surface area contributed by atoms with Crippen LogP contribution in [0.1, 0.15) is 59.6 Å². The van der Waals surface area contributed by atoms with Gasteiger partial charge in [-0.25, -0.2) is 15.0 Å². The molecule has 0 aliphatic heterocycles. The fourth-order valence-corrected chi connectivity index (χ4v) is 10.2. The molecule has 3 aliphatic carbocycles. The lowest BCUT2D eigenvalue weighted by atomic mass is 9.85. The first kappa shape index (κ1) is 34.9. The summed E-state index contributed by atoms with van der Waals surface area (Å²) in [6, 6.07) is 57.0. The number of hydrogen-bond acceptors (Lipinski definition) is 4. The van der Waals surface area contributed by atoms with Gasteiger partial charge in [0.2, 0.25) is 0 Å². The Kier molecular flexibility index (Phi) is 7.79. The quantitative estimate of drug-likeness (QED) is 0.168. The second-order valence-electron chi connectivity index (χ2n) is 16.4. The van der Waals surface area contributed by atoms with Crippen molar-refractivity contribution in [1.29, 1.82) is 0 Å². The minimum absolute atomic E-state index is 0.677. The van der Waals surface area contributed by atoms with Crippen molar-refractivity contribution in [3.8, 4) is 17.1 Å². The highest BCUT2D eigenvalue weighted by Gasteiger charge is 2.28. The van der Waals surface area contributed by atoms with Crippen LogP contribution in [-0.4, -0.2) is 19.5 Å². The van der Waals surface area contributed by atoms with Gasteiger partial charge in [0, 0.05) is 43.8 Å². The van der Waals surface area contributed by atoms with Crippen molar-refractivity contribution in [2.24, 2.45) is 0 Å². The van der Waals surface area contributed by atoms with Gasteiger partial charge in [-0.2, -0.15) is 0 Å². The highest BCUT2D eigenvalue weighted by atomic mass is 16.3. The molecule has 0 amide bonds. The Balaban J connectivity index is 1.09. The molecule has 3 aromatic heterocycles. The molecule has 0 atom stereocenters. The number of benzene rings is 7. The fourth-order valence-electron chi connectivity index (χ4n) is 10.2. The number of hydrogen-bond donors (Lipinski definition) is 0. The van der Waals surface area contributed by atoms with Gasteiger partial charge in [0.1, 0.15) is 11.0 Å². The third-order valence-corrected chi connectivity index (χ3v) is 12.9. The lowest BCUT2D eigenvalue weighted by Gasteiger charge is -2.19. The van der Waals surface area contributed by atoms with Gasteiger partial charge in [0.15, 0.2) is 17.5 Å². The van der Waals surface area contributed by atoms with E-state index in [1.165, 1.54) is 66.0 Å². The van der Waals surface area contributed by atoms with Gasteiger partial charge in [-0.1, -0.05) is 146 Å². The molecule has 0 spiro atoms. The van der Waals surface area contributed by atoms with Crippen LogP contribution in [0.3, 0.4) is 0 Å². The molecule has 5 heteroatoms. The lowest BCUT2D eigenvalue weighted by Crippen LogP contribution is -2.27. The van der Waals surface area contributed by atoms with Gasteiger partial charge in [-0.05, 0) is 106 Å². The average Bonchev–Trinajstić information content (AvgIpc) is 3.85. The third kappa shape index (κ3) is 5.31. The number of nitrogens with zero attached hydrogens (tertiary/aromatic N) is 4. The summed E-state index contributed by atoms with van der Waals surface area (Å²) >= 11 is 0. The second kappa shape index (κ2) is 13.8. The molecule has 3 heterocycles. The van der Waals surface area contributed by atoms with Crippen LogP contribution in [0, 0.1) is 0 Å². The fraction of sp³-hybridized carbons (Fsp3) is 0.0702. The van der Waals surface area contributed by atoms with E-state index < -0.39 is 0 Å². The Morgan fingerprint density at radius 1 is 0.500 bits per heavy atom. The van der Waals surface area contributed by atoms with Gasteiger partial charge in [0.25, 0.3) is 0 Å². The van der Waals surface area contributed by atoms with Crippen molar-refractivity contribution < 1.29 is 4.42 Å². The number of rotatable bonds is 6. The number of allylic oxidation sites excluding steroid dienone is 4. The Morgan fingerprint density at radius 2 is 1.18 bits per heavy atom. The summed E-state index contributed by atoms with van der Waals surface area (Å²) in [7, 11) is 0. The van der Waals surface area contributed by atoms with Crippen LogP contribution in [0.4, 0.5) is 0 Å². The standard InChI is InChI=1S/C57H38N4O/c1-5-16-35(17-6-1)49-41-25-13-24-37-30-32-46-54(51(37)41)53-42(50(49)36-18-7-2-8-19-36)26-14-28-45(53)61(46)40-31-33-47-44(34-40)52-43(27-15-29-48(52)62-47)57-59-55(38-20-9-3-10-21-38)58-56(60-57)39-22-11-4-12-23-39/h1-3,5-11,13-14,16-26,28-34H,4,12,15,27H2. The van der Waals surface area contributed by atoms with Crippen molar-refractivity contribution in [3.63, 3.8) is 0 Å². The van der Waals surface area contributed by atoms with E-state index in [9.17, 15) is 0 Å². The molecular formula is C57H38N4O. The van der Waals surface area contributed by atoms with Crippen LogP contribution in [0.5, 0.6) is 0 Å². The first-order valence-corrected chi connectivity index (χ1v) is 21.6. The number of aromatic nitrogens is 4. The SMILES string of the molecule is C1=CC(c2nc(C3=c4c(oc5ccc(-n6c7cccc8c7c7c9c(cccc9ccc76)C(c6ccccc6)=C8c6ccccc6)cc45)=CCC3)nc(-c3ccccc3)n2)=CCC1. The van der Waals surface area contributed by atoms with Crippen LogP contribution in [0.15, 0.2) is 180 Å². The summed E-state index contributed by atoms with van der Waals surface area (Å²) in [6.45, 7) is 0.